The van der Waals surface area contributed by atoms with Crippen molar-refractivity contribution < 1.29 is 9.13 Å². The van der Waals surface area contributed by atoms with Crippen LogP contribution in [0.3, 0.4) is 0 Å². The van der Waals surface area contributed by atoms with Crippen LogP contribution in [0.4, 0.5) is 10.3 Å². The molecular formula is C22H23FN4O. The Morgan fingerprint density at radius 1 is 1.04 bits per heavy atom. The van der Waals surface area contributed by atoms with Crippen molar-refractivity contribution in [2.45, 2.75) is 26.4 Å². The highest BCUT2D eigenvalue weighted by Gasteiger charge is 2.25. The highest BCUT2D eigenvalue weighted by molar-refractivity contribution is 5.34. The lowest BCUT2D eigenvalue weighted by Gasteiger charge is -2.33. The van der Waals surface area contributed by atoms with Crippen molar-refractivity contribution in [3.8, 4) is 0 Å². The van der Waals surface area contributed by atoms with E-state index >= 15 is 0 Å². The van der Waals surface area contributed by atoms with E-state index in [9.17, 15) is 4.39 Å². The number of aryl methyl sites for hydroxylation is 2. The zero-order valence-electron chi connectivity index (χ0n) is 16.1. The second kappa shape index (κ2) is 8.02. The molecule has 1 atom stereocenters. The number of pyridine rings is 1. The van der Waals surface area contributed by atoms with Crippen molar-refractivity contribution in [2.24, 2.45) is 0 Å². The Morgan fingerprint density at radius 3 is 2.43 bits per heavy atom. The average Bonchev–Trinajstić information content (AvgIpc) is 2.70. The van der Waals surface area contributed by atoms with Crippen LogP contribution in [0, 0.1) is 19.7 Å². The maximum absolute atomic E-state index is 13.0. The number of benzene rings is 1. The minimum absolute atomic E-state index is 0.113. The lowest BCUT2D eigenvalue weighted by Crippen LogP contribution is -2.39. The summed E-state index contributed by atoms with van der Waals surface area (Å²) in [5, 5.41) is 0. The summed E-state index contributed by atoms with van der Waals surface area (Å²) in [5.74, 6) is 0.530. The summed E-state index contributed by atoms with van der Waals surface area (Å²) in [4.78, 5) is 15.9. The maximum Gasteiger partial charge on any atom is 0.225 e. The molecule has 5 nitrogen and oxygen atoms in total. The molecule has 6 heteroatoms. The Morgan fingerprint density at radius 2 is 1.75 bits per heavy atom. The minimum Gasteiger partial charge on any atom is -0.368 e. The third-order valence-electron chi connectivity index (χ3n) is 4.82. The molecule has 0 amide bonds. The number of hydrogen-bond acceptors (Lipinski definition) is 5. The maximum atomic E-state index is 13.0. The summed E-state index contributed by atoms with van der Waals surface area (Å²) >= 11 is 0. The molecule has 0 spiro atoms. The van der Waals surface area contributed by atoms with Crippen molar-refractivity contribution in [2.75, 3.05) is 24.6 Å². The largest absolute Gasteiger partial charge is 0.368 e. The first-order chi connectivity index (χ1) is 13.6. The number of morpholine rings is 1. The van der Waals surface area contributed by atoms with Gasteiger partial charge < -0.3 is 9.64 Å². The van der Waals surface area contributed by atoms with E-state index in [4.69, 9.17) is 4.74 Å². The molecule has 1 fully saturated rings. The van der Waals surface area contributed by atoms with E-state index < -0.39 is 0 Å². The van der Waals surface area contributed by atoms with Gasteiger partial charge in [-0.2, -0.15) is 0 Å². The molecule has 0 bridgehead atoms. The summed E-state index contributed by atoms with van der Waals surface area (Å²) < 4.78 is 19.0. The van der Waals surface area contributed by atoms with Crippen LogP contribution in [0.5, 0.6) is 0 Å². The quantitative estimate of drug-likeness (QED) is 0.691. The Balaban J connectivity index is 1.45. The van der Waals surface area contributed by atoms with Crippen LogP contribution in [0.1, 0.15) is 34.3 Å². The first kappa shape index (κ1) is 18.5. The number of anilines is 1. The van der Waals surface area contributed by atoms with Crippen LogP contribution in [0.25, 0.3) is 0 Å². The lowest BCUT2D eigenvalue weighted by atomic mass is 10.1. The second-order valence-electron chi connectivity index (χ2n) is 7.15. The number of ether oxygens (including phenoxy) is 1. The van der Waals surface area contributed by atoms with Gasteiger partial charge in [0.25, 0.3) is 0 Å². The predicted octanol–water partition coefficient (Wildman–Crippen LogP) is 3.80. The van der Waals surface area contributed by atoms with Crippen molar-refractivity contribution in [3.63, 3.8) is 0 Å². The van der Waals surface area contributed by atoms with Crippen LogP contribution >= 0.6 is 0 Å². The number of aromatic nitrogens is 3. The SMILES string of the molecule is Cc1cc(C)nc(N2CCOC(c3ccc(Cc4ccc(F)cc4)cn3)C2)n1. The minimum atomic E-state index is -0.219. The molecule has 4 rings (SSSR count). The second-order valence-corrected chi connectivity index (χ2v) is 7.15. The van der Waals surface area contributed by atoms with Gasteiger partial charge in [0.15, 0.2) is 0 Å². The Bertz CT molecular complexity index is 924. The monoisotopic (exact) mass is 378 g/mol. The smallest absolute Gasteiger partial charge is 0.225 e. The van der Waals surface area contributed by atoms with Gasteiger partial charge in [0, 0.05) is 24.1 Å². The van der Waals surface area contributed by atoms with E-state index in [0.717, 1.165) is 47.1 Å². The highest BCUT2D eigenvalue weighted by atomic mass is 19.1. The molecular weight excluding hydrogens is 355 g/mol. The zero-order chi connectivity index (χ0) is 19.5. The topological polar surface area (TPSA) is 51.1 Å². The molecule has 3 heterocycles. The molecule has 1 aromatic carbocycles. The fourth-order valence-corrected chi connectivity index (χ4v) is 3.43. The van der Waals surface area contributed by atoms with E-state index in [1.54, 1.807) is 12.1 Å². The fourth-order valence-electron chi connectivity index (χ4n) is 3.43. The first-order valence-corrected chi connectivity index (χ1v) is 9.45. The highest BCUT2D eigenvalue weighted by Crippen LogP contribution is 2.24. The first-order valence-electron chi connectivity index (χ1n) is 9.45. The van der Waals surface area contributed by atoms with E-state index in [-0.39, 0.29) is 11.9 Å². The van der Waals surface area contributed by atoms with Gasteiger partial charge >= 0.3 is 0 Å². The van der Waals surface area contributed by atoms with Gasteiger partial charge in [-0.15, -0.1) is 0 Å². The average molecular weight is 378 g/mol. The normalized spacial score (nSPS) is 17.0. The van der Waals surface area contributed by atoms with Crippen molar-refractivity contribution in [1.82, 2.24) is 15.0 Å². The van der Waals surface area contributed by atoms with Gasteiger partial charge in [-0.25, -0.2) is 14.4 Å². The summed E-state index contributed by atoms with van der Waals surface area (Å²) in [7, 11) is 0. The van der Waals surface area contributed by atoms with Crippen molar-refractivity contribution in [1.29, 1.82) is 0 Å². The molecule has 0 aliphatic carbocycles. The number of hydrogen-bond donors (Lipinski definition) is 0. The van der Waals surface area contributed by atoms with Crippen LogP contribution in [0.15, 0.2) is 48.7 Å². The third-order valence-corrected chi connectivity index (χ3v) is 4.82. The number of rotatable bonds is 4. The number of halogens is 1. The molecule has 0 saturated carbocycles. The molecule has 1 saturated heterocycles. The van der Waals surface area contributed by atoms with Gasteiger partial charge in [0.05, 0.1) is 18.8 Å². The van der Waals surface area contributed by atoms with Gasteiger partial charge in [0.1, 0.15) is 11.9 Å². The predicted molar refractivity (Wildman–Crippen MR) is 106 cm³/mol. The standard InChI is InChI=1S/C22H23FN4O/c1-15-11-16(2)26-22(25-15)27-9-10-28-21(14-27)20-8-5-18(13-24-20)12-17-3-6-19(23)7-4-17/h3-8,11,13,21H,9-10,12,14H2,1-2H3. The molecule has 28 heavy (non-hydrogen) atoms. The van der Waals surface area contributed by atoms with Crippen LogP contribution in [0.2, 0.25) is 0 Å². The van der Waals surface area contributed by atoms with Crippen molar-refractivity contribution in [3.05, 3.63) is 82.7 Å². The molecule has 2 aromatic heterocycles. The lowest BCUT2D eigenvalue weighted by molar-refractivity contribution is 0.0364. The molecule has 1 aliphatic heterocycles. The van der Waals surface area contributed by atoms with E-state index in [1.807, 2.05) is 32.2 Å². The van der Waals surface area contributed by atoms with Crippen LogP contribution in [-0.4, -0.2) is 34.6 Å². The van der Waals surface area contributed by atoms with E-state index in [0.29, 0.717) is 13.2 Å². The Labute approximate surface area is 164 Å². The molecule has 144 valence electrons. The fraction of sp³-hybridized carbons (Fsp3) is 0.318. The van der Waals surface area contributed by atoms with E-state index in [2.05, 4.69) is 25.9 Å². The molecule has 3 aromatic rings. The molecule has 1 unspecified atom stereocenters. The van der Waals surface area contributed by atoms with Crippen LogP contribution < -0.4 is 4.90 Å². The third kappa shape index (κ3) is 4.34. The molecule has 1 aliphatic rings. The Hall–Kier alpha value is -2.86. The number of nitrogens with zero attached hydrogens (tertiary/aromatic N) is 4. The summed E-state index contributed by atoms with van der Waals surface area (Å²) in [6, 6.07) is 12.6. The van der Waals surface area contributed by atoms with Gasteiger partial charge in [-0.3, -0.25) is 4.98 Å². The Kier molecular flexibility index (Phi) is 5.30. The molecule has 0 radical (unpaired) electrons. The van der Waals surface area contributed by atoms with E-state index in [1.165, 1.54) is 12.1 Å². The summed E-state index contributed by atoms with van der Waals surface area (Å²) in [5.41, 5.74) is 4.98. The summed E-state index contributed by atoms with van der Waals surface area (Å²) in [6.45, 7) is 6.02. The van der Waals surface area contributed by atoms with Crippen LogP contribution in [-0.2, 0) is 11.2 Å². The summed E-state index contributed by atoms with van der Waals surface area (Å²) in [6.07, 6.45) is 2.48. The molecule has 0 N–H and O–H groups in total. The zero-order valence-corrected chi connectivity index (χ0v) is 16.1. The van der Waals surface area contributed by atoms with Gasteiger partial charge in [-0.1, -0.05) is 18.2 Å². The van der Waals surface area contributed by atoms with Gasteiger partial charge in [0.2, 0.25) is 5.95 Å². The van der Waals surface area contributed by atoms with Crippen molar-refractivity contribution >= 4 is 5.95 Å². The van der Waals surface area contributed by atoms with Gasteiger partial charge in [-0.05, 0) is 55.7 Å².